The first kappa shape index (κ1) is 24.1. The molecule has 0 radical (unpaired) electrons. The minimum absolute atomic E-state index is 0.0236. The zero-order valence-electron chi connectivity index (χ0n) is 19.7. The van der Waals surface area contributed by atoms with E-state index < -0.39 is 0 Å². The maximum atomic E-state index is 12.9. The van der Waals surface area contributed by atoms with Crippen LogP contribution in [0.2, 0.25) is 0 Å². The van der Waals surface area contributed by atoms with Crippen LogP contribution >= 0.6 is 0 Å². The Morgan fingerprint density at radius 1 is 1.00 bits per heavy atom. The van der Waals surface area contributed by atoms with E-state index in [1.54, 1.807) is 0 Å². The smallest absolute Gasteiger partial charge is 0.336 e. The summed E-state index contributed by atoms with van der Waals surface area (Å²) in [6.45, 7) is 12.6. The van der Waals surface area contributed by atoms with Crippen molar-refractivity contribution in [3.8, 4) is 17.4 Å². The van der Waals surface area contributed by atoms with Gasteiger partial charge >= 0.3 is 6.01 Å². The number of aromatic nitrogens is 3. The summed E-state index contributed by atoms with van der Waals surface area (Å²) in [6.07, 6.45) is 8.68. The minimum atomic E-state index is -0.0461. The predicted molar refractivity (Wildman–Crippen MR) is 123 cm³/mol. The van der Waals surface area contributed by atoms with Gasteiger partial charge in [0.1, 0.15) is 0 Å². The monoisotopic (exact) mass is 413 g/mol. The van der Waals surface area contributed by atoms with Crippen molar-refractivity contribution in [3.05, 3.63) is 29.8 Å². The van der Waals surface area contributed by atoms with Crippen LogP contribution in [0.3, 0.4) is 0 Å². The van der Waals surface area contributed by atoms with Gasteiger partial charge in [-0.2, -0.15) is 9.67 Å². The third kappa shape index (κ3) is 7.26. The number of unbranched alkanes of at least 4 members (excludes halogenated alkanes) is 6. The van der Waals surface area contributed by atoms with Crippen LogP contribution in [-0.2, 0) is 5.41 Å². The van der Waals surface area contributed by atoms with E-state index in [1.807, 2.05) is 26.0 Å². The molecular formula is C25H39N3O2. The Hall–Kier alpha value is -2.17. The molecule has 0 aliphatic heterocycles. The first-order valence-corrected chi connectivity index (χ1v) is 11.5. The lowest BCUT2D eigenvalue weighted by atomic mass is 9.87. The van der Waals surface area contributed by atoms with E-state index in [2.05, 4.69) is 49.9 Å². The second-order valence-corrected chi connectivity index (χ2v) is 9.39. The number of nitrogens with zero attached hydrogens (tertiary/aromatic N) is 3. The summed E-state index contributed by atoms with van der Waals surface area (Å²) in [5.74, 6) is 0.531. The highest BCUT2D eigenvalue weighted by Gasteiger charge is 2.20. The van der Waals surface area contributed by atoms with E-state index in [0.29, 0.717) is 12.2 Å². The predicted octanol–water partition coefficient (Wildman–Crippen LogP) is 6.81. The Balaban J connectivity index is 2.11. The Morgan fingerprint density at radius 3 is 2.17 bits per heavy atom. The van der Waals surface area contributed by atoms with Gasteiger partial charge in [0.15, 0.2) is 5.82 Å². The zero-order chi connectivity index (χ0) is 22.1. The molecule has 0 fully saturated rings. The number of carbonyl (C=O) groups excluding carboxylic acids is 1. The highest BCUT2D eigenvalue weighted by Crippen LogP contribution is 2.27. The quantitative estimate of drug-likeness (QED) is 0.380. The molecule has 5 nitrogen and oxygen atoms in total. The molecular weight excluding hydrogens is 374 g/mol. The molecule has 0 saturated heterocycles. The van der Waals surface area contributed by atoms with Gasteiger partial charge in [0.2, 0.25) is 5.91 Å². The number of ether oxygens (including phenoxy) is 1. The first-order valence-electron chi connectivity index (χ1n) is 11.5. The van der Waals surface area contributed by atoms with Crippen LogP contribution in [0.25, 0.3) is 11.4 Å². The van der Waals surface area contributed by atoms with Gasteiger partial charge in [-0.25, -0.2) is 0 Å². The fourth-order valence-electron chi connectivity index (χ4n) is 3.37. The number of rotatable bonds is 11. The molecule has 0 atom stereocenters. The lowest BCUT2D eigenvalue weighted by Gasteiger charge is -2.19. The summed E-state index contributed by atoms with van der Waals surface area (Å²) in [5.41, 5.74) is 2.19. The molecule has 0 saturated carbocycles. The van der Waals surface area contributed by atoms with Gasteiger partial charge in [0, 0.05) is 12.0 Å². The lowest BCUT2D eigenvalue weighted by molar-refractivity contribution is 0.0881. The molecule has 0 aliphatic rings. The summed E-state index contributed by atoms with van der Waals surface area (Å²) in [5, 5.41) is 4.37. The molecule has 0 aliphatic carbocycles. The van der Waals surface area contributed by atoms with Gasteiger partial charge < -0.3 is 4.74 Å². The van der Waals surface area contributed by atoms with Crippen molar-refractivity contribution < 1.29 is 9.53 Å². The average Bonchev–Trinajstić information content (AvgIpc) is 3.09. The molecule has 2 aromatic rings. The van der Waals surface area contributed by atoms with E-state index in [4.69, 9.17) is 4.74 Å². The number of benzene rings is 1. The van der Waals surface area contributed by atoms with Crippen molar-refractivity contribution in [3.63, 3.8) is 0 Å². The molecule has 5 heteroatoms. The second-order valence-electron chi connectivity index (χ2n) is 9.39. The summed E-state index contributed by atoms with van der Waals surface area (Å²) < 4.78 is 7.10. The highest BCUT2D eigenvalue weighted by molar-refractivity contribution is 5.82. The molecule has 0 bridgehead atoms. The second kappa shape index (κ2) is 11.3. The molecule has 166 valence electrons. The lowest BCUT2D eigenvalue weighted by Crippen LogP contribution is -2.15. The van der Waals surface area contributed by atoms with Gasteiger partial charge in [0.05, 0.1) is 6.10 Å². The van der Waals surface area contributed by atoms with E-state index in [9.17, 15) is 4.79 Å². The van der Waals surface area contributed by atoms with Crippen molar-refractivity contribution in [2.24, 2.45) is 0 Å². The largest absolute Gasteiger partial charge is 0.460 e. The van der Waals surface area contributed by atoms with Crippen molar-refractivity contribution in [2.45, 2.75) is 104 Å². The van der Waals surface area contributed by atoms with Gasteiger partial charge in [-0.05, 0) is 31.2 Å². The molecule has 30 heavy (non-hydrogen) atoms. The summed E-state index contributed by atoms with van der Waals surface area (Å²) >= 11 is 0. The van der Waals surface area contributed by atoms with Crippen molar-refractivity contribution in [2.75, 3.05) is 0 Å². The highest BCUT2D eigenvalue weighted by atomic mass is 16.5. The number of carbonyl (C=O) groups is 1. The maximum absolute atomic E-state index is 12.9. The maximum Gasteiger partial charge on any atom is 0.336 e. The van der Waals surface area contributed by atoms with E-state index in [0.717, 1.165) is 18.4 Å². The van der Waals surface area contributed by atoms with Crippen LogP contribution in [0.5, 0.6) is 6.01 Å². The Morgan fingerprint density at radius 2 is 1.60 bits per heavy atom. The fourth-order valence-corrected chi connectivity index (χ4v) is 3.37. The Bertz CT molecular complexity index is 786. The van der Waals surface area contributed by atoms with Crippen LogP contribution in [0.1, 0.15) is 103 Å². The molecule has 1 heterocycles. The summed E-state index contributed by atoms with van der Waals surface area (Å²) in [7, 11) is 0. The van der Waals surface area contributed by atoms with E-state index in [-0.39, 0.29) is 23.4 Å². The molecule has 1 aromatic heterocycles. The Kier molecular flexibility index (Phi) is 9.07. The fraction of sp³-hybridized carbons (Fsp3) is 0.640. The molecule has 0 spiro atoms. The molecule has 0 unspecified atom stereocenters. The first-order chi connectivity index (χ1) is 14.2. The van der Waals surface area contributed by atoms with E-state index in [1.165, 1.54) is 42.3 Å². The SMILES string of the molecule is CCCCCCCCCC(=O)n1nc(OC(C)C)nc1-c1ccc(C(C)(C)C)cc1. The van der Waals surface area contributed by atoms with Gasteiger partial charge in [-0.1, -0.05) is 90.5 Å². The van der Waals surface area contributed by atoms with Gasteiger partial charge in [-0.15, -0.1) is 5.10 Å². The van der Waals surface area contributed by atoms with Gasteiger partial charge in [-0.3, -0.25) is 4.79 Å². The van der Waals surface area contributed by atoms with Crippen LogP contribution in [0, 0.1) is 0 Å². The third-order valence-corrected chi connectivity index (χ3v) is 5.17. The summed E-state index contributed by atoms with van der Waals surface area (Å²) in [6, 6.07) is 8.48. The average molecular weight is 414 g/mol. The van der Waals surface area contributed by atoms with Crippen LogP contribution in [-0.4, -0.2) is 26.8 Å². The van der Waals surface area contributed by atoms with Crippen LogP contribution in [0.4, 0.5) is 0 Å². The minimum Gasteiger partial charge on any atom is -0.460 e. The number of hydrogen-bond donors (Lipinski definition) is 0. The third-order valence-electron chi connectivity index (χ3n) is 5.17. The normalized spacial score (nSPS) is 11.8. The summed E-state index contributed by atoms with van der Waals surface area (Å²) in [4.78, 5) is 17.4. The van der Waals surface area contributed by atoms with Gasteiger partial charge in [0.25, 0.3) is 0 Å². The molecule has 1 aromatic carbocycles. The van der Waals surface area contributed by atoms with Crippen molar-refractivity contribution in [1.29, 1.82) is 0 Å². The number of hydrogen-bond acceptors (Lipinski definition) is 4. The molecule has 0 amide bonds. The van der Waals surface area contributed by atoms with Crippen molar-refractivity contribution >= 4 is 5.91 Å². The zero-order valence-corrected chi connectivity index (χ0v) is 19.7. The Labute approximate surface area is 182 Å². The molecule has 0 N–H and O–H groups in total. The van der Waals surface area contributed by atoms with Crippen molar-refractivity contribution in [1.82, 2.24) is 14.8 Å². The molecule has 2 rings (SSSR count). The van der Waals surface area contributed by atoms with Crippen LogP contribution < -0.4 is 4.74 Å². The van der Waals surface area contributed by atoms with E-state index >= 15 is 0 Å². The standard InChI is InChI=1S/C25H39N3O2/c1-7-8-9-10-11-12-13-14-22(29)28-23(26-24(27-28)30-19(2)3)20-15-17-21(18-16-20)25(4,5)6/h15-19H,7-14H2,1-6H3. The topological polar surface area (TPSA) is 57.0 Å². The van der Waals surface area contributed by atoms with Crippen LogP contribution in [0.15, 0.2) is 24.3 Å².